The Morgan fingerprint density at radius 1 is 0.974 bits per heavy atom. The minimum atomic E-state index is -4.87. The highest BCUT2D eigenvalue weighted by Gasteiger charge is 2.32. The maximum Gasteiger partial charge on any atom is 0.573 e. The molecule has 4 rings (SSSR count). The largest absolute Gasteiger partial charge is 0.573 e. The van der Waals surface area contributed by atoms with Crippen LogP contribution < -0.4 is 9.47 Å². The topological polar surface area (TPSA) is 77.8 Å². The fourth-order valence-electron chi connectivity index (χ4n) is 4.26. The van der Waals surface area contributed by atoms with Crippen LogP contribution >= 0.6 is 11.8 Å². The van der Waals surface area contributed by atoms with Gasteiger partial charge in [-0.05, 0) is 74.9 Å². The third kappa shape index (κ3) is 6.22. The maximum absolute atomic E-state index is 13.6. The number of aromatic nitrogens is 1. The number of nitrogens with zero attached hydrogens (tertiary/aromatic N) is 1. The summed E-state index contributed by atoms with van der Waals surface area (Å²) < 4.78 is 49.0. The van der Waals surface area contributed by atoms with E-state index in [4.69, 9.17) is 4.74 Å². The Hall–Kier alpha value is -3.92. The molecule has 39 heavy (non-hydrogen) atoms. The molecule has 0 aliphatic rings. The third-order valence-corrected chi connectivity index (χ3v) is 7.41. The summed E-state index contributed by atoms with van der Waals surface area (Å²) in [6.45, 7) is 5.19. The second kappa shape index (κ2) is 10.7. The molecule has 10 heteroatoms. The number of carbonyl (C=O) groups excluding carboxylic acids is 1. The lowest BCUT2D eigenvalue weighted by Crippen LogP contribution is -2.26. The molecule has 6 nitrogen and oxygen atoms in total. The zero-order valence-corrected chi connectivity index (χ0v) is 22.4. The lowest BCUT2D eigenvalue weighted by atomic mass is 10.0. The number of halogens is 3. The molecule has 204 valence electrons. The Labute approximate surface area is 227 Å². The van der Waals surface area contributed by atoms with E-state index in [9.17, 15) is 27.9 Å². The van der Waals surface area contributed by atoms with E-state index in [1.54, 1.807) is 61.7 Å². The first-order valence-corrected chi connectivity index (χ1v) is 12.7. The van der Waals surface area contributed by atoms with Crippen molar-refractivity contribution < 1.29 is 37.3 Å². The molecule has 0 saturated carbocycles. The molecule has 3 aromatic carbocycles. The number of hydrogen-bond acceptors (Lipinski definition) is 5. The van der Waals surface area contributed by atoms with Gasteiger partial charge in [-0.25, -0.2) is 0 Å². The van der Waals surface area contributed by atoms with Crippen LogP contribution in [0.25, 0.3) is 10.9 Å². The first kappa shape index (κ1) is 28.1. The molecule has 0 aliphatic heterocycles. The van der Waals surface area contributed by atoms with Gasteiger partial charge in [0.1, 0.15) is 16.2 Å². The second-order valence-electron chi connectivity index (χ2n) is 9.40. The molecule has 0 aliphatic carbocycles. The first-order valence-electron chi connectivity index (χ1n) is 11.9. The molecule has 0 spiro atoms. The van der Waals surface area contributed by atoms with Gasteiger partial charge < -0.3 is 19.1 Å². The van der Waals surface area contributed by atoms with E-state index in [0.29, 0.717) is 33.5 Å². The molecular formula is C29H26F3NO5S. The van der Waals surface area contributed by atoms with E-state index < -0.39 is 22.8 Å². The van der Waals surface area contributed by atoms with Crippen LogP contribution in [0.2, 0.25) is 0 Å². The van der Waals surface area contributed by atoms with Gasteiger partial charge in [-0.2, -0.15) is 0 Å². The average Bonchev–Trinajstić information content (AvgIpc) is 3.13. The van der Waals surface area contributed by atoms with Crippen LogP contribution in [0, 0.1) is 6.92 Å². The number of thioether (sulfide) groups is 1. The van der Waals surface area contributed by atoms with Gasteiger partial charge in [0.15, 0.2) is 5.78 Å². The summed E-state index contributed by atoms with van der Waals surface area (Å²) >= 11 is 1.19. The number of carboxylic acids is 1. The van der Waals surface area contributed by atoms with Crippen molar-refractivity contribution in [3.8, 4) is 11.5 Å². The standard InChI is InChI=1S/C29H26F3NO5S/c1-17-25(26(34)19-8-10-20(37-4)11-9-19)23-13-12-21(38-29(30,31)32)15-24(23)33(17)16-18-6-5-7-22(14-18)39-28(2,3)27(35)36/h5-15H,16H2,1-4H3,(H,35,36). The highest BCUT2D eigenvalue weighted by atomic mass is 32.2. The lowest BCUT2D eigenvalue weighted by Gasteiger charge is -2.19. The summed E-state index contributed by atoms with van der Waals surface area (Å²) in [6, 6.07) is 17.8. The van der Waals surface area contributed by atoms with Crippen LogP contribution in [0.4, 0.5) is 13.2 Å². The van der Waals surface area contributed by atoms with Crippen molar-refractivity contribution in [3.63, 3.8) is 0 Å². The molecule has 0 bridgehead atoms. The van der Waals surface area contributed by atoms with Crippen LogP contribution in [0.1, 0.15) is 41.0 Å². The van der Waals surface area contributed by atoms with Crippen molar-refractivity contribution in [3.05, 3.63) is 89.1 Å². The molecule has 1 heterocycles. The highest BCUT2D eigenvalue weighted by Crippen LogP contribution is 2.36. The number of ketones is 1. The summed E-state index contributed by atoms with van der Waals surface area (Å²) in [5.41, 5.74) is 2.52. The Morgan fingerprint density at radius 2 is 1.64 bits per heavy atom. The van der Waals surface area contributed by atoms with Gasteiger partial charge in [-0.15, -0.1) is 24.9 Å². The predicted molar refractivity (Wildman–Crippen MR) is 143 cm³/mol. The van der Waals surface area contributed by atoms with Gasteiger partial charge in [0.05, 0.1) is 18.2 Å². The molecule has 0 radical (unpaired) electrons. The molecule has 0 atom stereocenters. The van der Waals surface area contributed by atoms with Crippen molar-refractivity contribution >= 4 is 34.4 Å². The molecular weight excluding hydrogens is 531 g/mol. The van der Waals surface area contributed by atoms with Gasteiger partial charge >= 0.3 is 12.3 Å². The zero-order chi connectivity index (χ0) is 28.5. The number of alkyl halides is 3. The maximum atomic E-state index is 13.6. The molecule has 1 aromatic heterocycles. The summed E-state index contributed by atoms with van der Waals surface area (Å²) in [6.07, 6.45) is -4.87. The molecule has 0 unspecified atom stereocenters. The second-order valence-corrected chi connectivity index (χ2v) is 11.1. The van der Waals surface area contributed by atoms with Gasteiger partial charge in [0.2, 0.25) is 0 Å². The monoisotopic (exact) mass is 557 g/mol. The molecule has 0 fully saturated rings. The Bertz CT molecular complexity index is 1540. The van der Waals surface area contributed by atoms with Crippen LogP contribution in [-0.4, -0.2) is 39.6 Å². The van der Waals surface area contributed by atoms with Gasteiger partial charge in [-0.3, -0.25) is 9.59 Å². The number of ether oxygens (including phenoxy) is 2. The first-order chi connectivity index (χ1) is 18.3. The minimum Gasteiger partial charge on any atom is -0.497 e. The number of carboxylic acid groups (broad SMARTS) is 1. The van der Waals surface area contributed by atoms with E-state index in [-0.39, 0.29) is 12.3 Å². The van der Waals surface area contributed by atoms with E-state index in [2.05, 4.69) is 4.74 Å². The normalized spacial score (nSPS) is 12.0. The number of methoxy groups -OCH3 is 1. The van der Waals surface area contributed by atoms with Gasteiger partial charge in [0.25, 0.3) is 0 Å². The SMILES string of the molecule is COc1ccc(C(=O)c2c(C)n(Cc3cccc(SC(C)(C)C(=O)O)c3)c3cc(OC(F)(F)F)ccc23)cc1. The smallest absolute Gasteiger partial charge is 0.497 e. The lowest BCUT2D eigenvalue weighted by molar-refractivity contribution is -0.274. The molecule has 0 saturated heterocycles. The predicted octanol–water partition coefficient (Wildman–Crippen LogP) is 7.09. The van der Waals surface area contributed by atoms with Crippen molar-refractivity contribution in [2.24, 2.45) is 0 Å². The quantitative estimate of drug-likeness (QED) is 0.175. The average molecular weight is 558 g/mol. The Kier molecular flexibility index (Phi) is 7.70. The van der Waals surface area contributed by atoms with E-state index in [1.165, 1.54) is 37.1 Å². The number of fused-ring (bicyclic) bond motifs is 1. The summed E-state index contributed by atoms with van der Waals surface area (Å²) in [4.78, 5) is 25.9. The third-order valence-electron chi connectivity index (χ3n) is 6.24. The summed E-state index contributed by atoms with van der Waals surface area (Å²) in [7, 11) is 1.52. The van der Waals surface area contributed by atoms with E-state index in [1.807, 2.05) is 12.1 Å². The van der Waals surface area contributed by atoms with Gasteiger partial charge in [-0.1, -0.05) is 12.1 Å². The van der Waals surface area contributed by atoms with Crippen LogP contribution in [0.5, 0.6) is 11.5 Å². The van der Waals surface area contributed by atoms with Crippen molar-refractivity contribution in [2.45, 2.75) is 43.3 Å². The molecule has 1 N–H and O–H groups in total. The number of benzene rings is 3. The van der Waals surface area contributed by atoms with Crippen LogP contribution in [0.3, 0.4) is 0 Å². The Balaban J connectivity index is 1.81. The Morgan fingerprint density at radius 3 is 2.26 bits per heavy atom. The number of aliphatic carboxylic acids is 1. The summed E-state index contributed by atoms with van der Waals surface area (Å²) in [5, 5.41) is 9.98. The van der Waals surface area contributed by atoms with Crippen LogP contribution in [-0.2, 0) is 11.3 Å². The number of hydrogen-bond donors (Lipinski definition) is 1. The van der Waals surface area contributed by atoms with E-state index in [0.717, 1.165) is 10.5 Å². The fourth-order valence-corrected chi connectivity index (χ4v) is 5.29. The molecule has 0 amide bonds. The van der Waals surface area contributed by atoms with Crippen molar-refractivity contribution in [2.75, 3.05) is 7.11 Å². The van der Waals surface area contributed by atoms with Crippen molar-refractivity contribution in [1.82, 2.24) is 4.57 Å². The van der Waals surface area contributed by atoms with Crippen molar-refractivity contribution in [1.29, 1.82) is 0 Å². The van der Waals surface area contributed by atoms with Gasteiger partial charge in [0, 0.05) is 34.2 Å². The number of carbonyl (C=O) groups is 2. The number of rotatable bonds is 9. The zero-order valence-electron chi connectivity index (χ0n) is 21.6. The van der Waals surface area contributed by atoms with E-state index >= 15 is 0 Å². The summed E-state index contributed by atoms with van der Waals surface area (Å²) in [5.74, 6) is -1.05. The highest BCUT2D eigenvalue weighted by molar-refractivity contribution is 8.01. The fraction of sp³-hybridized carbons (Fsp3) is 0.241. The van der Waals surface area contributed by atoms with Crippen LogP contribution in [0.15, 0.2) is 71.6 Å². The molecule has 4 aromatic rings. The minimum absolute atomic E-state index is 0.232.